The van der Waals surface area contributed by atoms with Crippen LogP contribution in [0.25, 0.3) is 20.8 Å². The number of rotatable bonds is 5. The average molecular weight is 466 g/mol. The Morgan fingerprint density at radius 1 is 1.22 bits per heavy atom. The van der Waals surface area contributed by atoms with E-state index in [-0.39, 0.29) is 5.91 Å². The second-order valence-electron chi connectivity index (χ2n) is 8.12. The Labute approximate surface area is 193 Å². The quantitative estimate of drug-likeness (QED) is 0.471. The van der Waals surface area contributed by atoms with Crippen molar-refractivity contribution in [3.8, 4) is 10.6 Å². The van der Waals surface area contributed by atoms with E-state index in [2.05, 4.69) is 31.7 Å². The molecule has 1 amide bonds. The highest BCUT2D eigenvalue weighted by Crippen LogP contribution is 2.44. The third-order valence-corrected chi connectivity index (χ3v) is 8.26. The second kappa shape index (κ2) is 8.36. The van der Waals surface area contributed by atoms with Gasteiger partial charge in [0.2, 0.25) is 5.91 Å². The maximum atomic E-state index is 12.9. The highest BCUT2D eigenvalue weighted by Gasteiger charge is 2.25. The zero-order chi connectivity index (χ0) is 21.5. The molecule has 8 nitrogen and oxygen atoms in total. The fraction of sp³-hybridized carbons (Fsp3) is 0.364. The Morgan fingerprint density at radius 3 is 3.12 bits per heavy atom. The normalized spacial score (nSPS) is 16.1. The highest BCUT2D eigenvalue weighted by atomic mass is 32.1. The lowest BCUT2D eigenvalue weighted by Crippen LogP contribution is -2.35. The van der Waals surface area contributed by atoms with Gasteiger partial charge in [0.1, 0.15) is 15.5 Å². The number of amides is 1. The molecule has 10 heteroatoms. The molecular formula is C22H23N7OS2. The van der Waals surface area contributed by atoms with Crippen LogP contribution < -0.4 is 10.6 Å². The monoisotopic (exact) mass is 465 g/mol. The summed E-state index contributed by atoms with van der Waals surface area (Å²) in [6.07, 6.45) is 6.87. The van der Waals surface area contributed by atoms with Gasteiger partial charge in [0.05, 0.1) is 23.1 Å². The number of aromatic nitrogens is 4. The summed E-state index contributed by atoms with van der Waals surface area (Å²) >= 11 is 3.35. The van der Waals surface area contributed by atoms with E-state index in [0.29, 0.717) is 6.42 Å². The molecule has 2 aliphatic heterocycles. The highest BCUT2D eigenvalue weighted by molar-refractivity contribution is 7.22. The average Bonchev–Trinajstić information content (AvgIpc) is 3.52. The molecule has 0 spiro atoms. The number of nitrogens with zero attached hydrogens (tertiary/aromatic N) is 5. The fourth-order valence-electron chi connectivity index (χ4n) is 4.42. The number of carbonyl (C=O) groups excluding carboxylic acids is 1. The van der Waals surface area contributed by atoms with Crippen LogP contribution in [-0.2, 0) is 30.8 Å². The van der Waals surface area contributed by atoms with Crippen molar-refractivity contribution in [3.63, 3.8) is 0 Å². The summed E-state index contributed by atoms with van der Waals surface area (Å²) in [4.78, 5) is 25.6. The molecule has 0 fully saturated rings. The second-order valence-corrected chi connectivity index (χ2v) is 10.3. The first-order valence-electron chi connectivity index (χ1n) is 10.8. The third-order valence-electron chi connectivity index (χ3n) is 6.06. The van der Waals surface area contributed by atoms with Crippen molar-refractivity contribution in [1.29, 1.82) is 0 Å². The number of fused-ring (bicyclic) bond motifs is 3. The smallest absolute Gasteiger partial charge is 0.226 e. The van der Waals surface area contributed by atoms with Crippen LogP contribution in [0.15, 0.2) is 30.7 Å². The first kappa shape index (κ1) is 20.0. The van der Waals surface area contributed by atoms with Gasteiger partial charge in [-0.25, -0.2) is 4.98 Å². The maximum absolute atomic E-state index is 12.9. The molecule has 164 valence electrons. The summed E-state index contributed by atoms with van der Waals surface area (Å²) in [6, 6.07) is 4.05. The van der Waals surface area contributed by atoms with E-state index in [1.807, 2.05) is 16.9 Å². The third kappa shape index (κ3) is 3.73. The summed E-state index contributed by atoms with van der Waals surface area (Å²) in [5.41, 5.74) is 4.54. The van der Waals surface area contributed by atoms with Crippen LogP contribution in [0.1, 0.15) is 22.6 Å². The molecule has 2 N–H and O–H groups in total. The zero-order valence-electron chi connectivity index (χ0n) is 17.5. The molecule has 6 rings (SSSR count). The fourth-order valence-corrected chi connectivity index (χ4v) is 6.73. The lowest BCUT2D eigenvalue weighted by atomic mass is 10.0. The van der Waals surface area contributed by atoms with Crippen LogP contribution in [0.4, 0.5) is 5.00 Å². The van der Waals surface area contributed by atoms with Gasteiger partial charge in [-0.15, -0.1) is 22.7 Å². The Morgan fingerprint density at radius 2 is 2.19 bits per heavy atom. The predicted molar refractivity (Wildman–Crippen MR) is 127 cm³/mol. The zero-order valence-corrected chi connectivity index (χ0v) is 19.1. The lowest BCUT2D eigenvalue weighted by Gasteiger charge is -2.27. The van der Waals surface area contributed by atoms with Gasteiger partial charge in [0.25, 0.3) is 0 Å². The Bertz CT molecular complexity index is 1260. The first-order valence-corrected chi connectivity index (χ1v) is 12.5. The standard InChI is InChI=1S/C22H23N7OS2/c30-19(4-8-28-9-10-29-14(13-28)1-7-25-29)27-22-20(15-2-5-24-12-18(15)32-22)21-26-16-11-23-6-3-17(16)31-21/h1,3,6-7,11,24H,2,4-5,8-10,12-13H2,(H,27,30). The number of thiazole rings is 1. The number of carbonyl (C=O) groups is 1. The van der Waals surface area contributed by atoms with Crippen molar-refractivity contribution in [1.82, 2.24) is 30.0 Å². The van der Waals surface area contributed by atoms with Gasteiger partial charge >= 0.3 is 0 Å². The molecule has 0 atom stereocenters. The van der Waals surface area contributed by atoms with Gasteiger partial charge < -0.3 is 10.6 Å². The molecule has 0 radical (unpaired) electrons. The Hall–Kier alpha value is -2.66. The number of pyridine rings is 1. The van der Waals surface area contributed by atoms with E-state index in [1.165, 1.54) is 16.1 Å². The molecule has 0 saturated heterocycles. The van der Waals surface area contributed by atoms with Gasteiger partial charge in [-0.3, -0.25) is 19.4 Å². The number of hydrogen-bond donors (Lipinski definition) is 2. The van der Waals surface area contributed by atoms with Crippen molar-refractivity contribution in [2.75, 3.05) is 25.0 Å². The molecule has 0 unspecified atom stereocenters. The Balaban J connectivity index is 1.22. The van der Waals surface area contributed by atoms with Crippen molar-refractivity contribution in [2.24, 2.45) is 0 Å². The van der Waals surface area contributed by atoms with Crippen molar-refractivity contribution < 1.29 is 4.79 Å². The topological polar surface area (TPSA) is 88.0 Å². The minimum atomic E-state index is 0.0552. The van der Waals surface area contributed by atoms with Crippen molar-refractivity contribution in [2.45, 2.75) is 32.5 Å². The van der Waals surface area contributed by atoms with E-state index >= 15 is 0 Å². The summed E-state index contributed by atoms with van der Waals surface area (Å²) in [5.74, 6) is 0.0552. The van der Waals surface area contributed by atoms with E-state index in [0.717, 1.165) is 71.5 Å². The van der Waals surface area contributed by atoms with E-state index in [1.54, 1.807) is 35.1 Å². The molecule has 4 aromatic rings. The van der Waals surface area contributed by atoms with Crippen LogP contribution in [-0.4, -0.2) is 50.2 Å². The van der Waals surface area contributed by atoms with Gasteiger partial charge in [0.15, 0.2) is 0 Å². The van der Waals surface area contributed by atoms with E-state index < -0.39 is 0 Å². The lowest BCUT2D eigenvalue weighted by molar-refractivity contribution is -0.116. The van der Waals surface area contributed by atoms with Gasteiger partial charge in [-0.2, -0.15) is 5.10 Å². The van der Waals surface area contributed by atoms with Gasteiger partial charge in [0, 0.05) is 55.4 Å². The SMILES string of the molecule is O=C(CCN1CCn2nccc2C1)Nc1sc2c(c1-c1nc3cnccc3s1)CCNC2. The molecule has 0 bridgehead atoms. The molecule has 4 aromatic heterocycles. The summed E-state index contributed by atoms with van der Waals surface area (Å²) in [6.45, 7) is 5.18. The van der Waals surface area contributed by atoms with Gasteiger partial charge in [-0.1, -0.05) is 0 Å². The van der Waals surface area contributed by atoms with Crippen LogP contribution in [0.2, 0.25) is 0 Å². The number of thiophene rings is 1. The molecule has 0 aliphatic carbocycles. The van der Waals surface area contributed by atoms with E-state index in [4.69, 9.17) is 4.98 Å². The minimum absolute atomic E-state index is 0.0552. The van der Waals surface area contributed by atoms with Crippen molar-refractivity contribution in [3.05, 3.63) is 46.9 Å². The minimum Gasteiger partial charge on any atom is -0.317 e. The first-order chi connectivity index (χ1) is 15.7. The molecule has 6 heterocycles. The number of nitrogens with one attached hydrogen (secondary N) is 2. The van der Waals surface area contributed by atoms with Crippen molar-refractivity contribution >= 4 is 43.8 Å². The van der Waals surface area contributed by atoms with E-state index in [9.17, 15) is 4.79 Å². The number of anilines is 1. The summed E-state index contributed by atoms with van der Waals surface area (Å²) in [5, 5.41) is 12.9. The molecular weight excluding hydrogens is 442 g/mol. The van der Waals surface area contributed by atoms with Crippen LogP contribution in [0.3, 0.4) is 0 Å². The molecule has 32 heavy (non-hydrogen) atoms. The maximum Gasteiger partial charge on any atom is 0.226 e. The van der Waals surface area contributed by atoms with Crippen LogP contribution in [0, 0.1) is 0 Å². The summed E-state index contributed by atoms with van der Waals surface area (Å²) < 4.78 is 3.16. The van der Waals surface area contributed by atoms with Crippen LogP contribution >= 0.6 is 22.7 Å². The predicted octanol–water partition coefficient (Wildman–Crippen LogP) is 3.11. The molecule has 0 aromatic carbocycles. The molecule has 2 aliphatic rings. The van der Waals surface area contributed by atoms with Gasteiger partial charge in [-0.05, 0) is 30.7 Å². The Kier molecular flexibility index (Phi) is 5.22. The largest absolute Gasteiger partial charge is 0.317 e. The van der Waals surface area contributed by atoms with Crippen LogP contribution in [0.5, 0.6) is 0 Å². The molecule has 0 saturated carbocycles. The summed E-state index contributed by atoms with van der Waals surface area (Å²) in [7, 11) is 0. The number of hydrogen-bond acceptors (Lipinski definition) is 8.